The molecule has 2 aromatic heterocycles. The van der Waals surface area contributed by atoms with Crippen molar-refractivity contribution in [3.8, 4) is 5.75 Å². The average Bonchev–Trinajstić information content (AvgIpc) is 2.89. The standard InChI is InChI=1S/C19H23N5O2/c1-11-8-12(2)18-15(9-11)24(19(23-18)21-7-6-17(20)26)10-14-16(25)5-4-13(3)22-14/h4-5,8-9,25H,6-7,10H2,1-3H3,(H2,20,26)(H,21,23). The zero-order valence-corrected chi connectivity index (χ0v) is 15.2. The Morgan fingerprint density at radius 3 is 2.73 bits per heavy atom. The van der Waals surface area contributed by atoms with Gasteiger partial charge in [-0.15, -0.1) is 0 Å². The highest BCUT2D eigenvalue weighted by Crippen LogP contribution is 2.27. The van der Waals surface area contributed by atoms with E-state index in [0.717, 1.165) is 27.9 Å². The molecule has 0 fully saturated rings. The van der Waals surface area contributed by atoms with Crippen LogP contribution in [0.5, 0.6) is 5.75 Å². The molecule has 26 heavy (non-hydrogen) atoms. The van der Waals surface area contributed by atoms with E-state index in [-0.39, 0.29) is 18.1 Å². The molecule has 7 heteroatoms. The number of hydrogen-bond donors (Lipinski definition) is 3. The molecule has 0 saturated carbocycles. The van der Waals surface area contributed by atoms with Gasteiger partial charge in [-0.3, -0.25) is 9.78 Å². The summed E-state index contributed by atoms with van der Waals surface area (Å²) in [6.45, 7) is 6.69. The van der Waals surface area contributed by atoms with Crippen LogP contribution in [0.1, 0.15) is 28.9 Å². The number of benzene rings is 1. The molecule has 1 amide bonds. The summed E-state index contributed by atoms with van der Waals surface area (Å²) in [5.41, 5.74) is 10.7. The van der Waals surface area contributed by atoms with Crippen molar-refractivity contribution in [2.45, 2.75) is 33.7 Å². The Labute approximate surface area is 151 Å². The lowest BCUT2D eigenvalue weighted by Crippen LogP contribution is -2.17. The van der Waals surface area contributed by atoms with E-state index in [1.54, 1.807) is 12.1 Å². The van der Waals surface area contributed by atoms with Crippen LogP contribution in [0.15, 0.2) is 24.3 Å². The summed E-state index contributed by atoms with van der Waals surface area (Å²) in [5, 5.41) is 13.4. The maximum atomic E-state index is 11.0. The molecule has 0 spiro atoms. The Bertz CT molecular complexity index is 978. The van der Waals surface area contributed by atoms with Crippen molar-refractivity contribution in [3.63, 3.8) is 0 Å². The first-order valence-corrected chi connectivity index (χ1v) is 8.50. The number of aryl methyl sites for hydroxylation is 3. The van der Waals surface area contributed by atoms with Gasteiger partial charge >= 0.3 is 0 Å². The lowest BCUT2D eigenvalue weighted by molar-refractivity contribution is -0.117. The third-order valence-corrected chi connectivity index (χ3v) is 4.24. The fourth-order valence-corrected chi connectivity index (χ4v) is 3.03. The number of primary amides is 1. The van der Waals surface area contributed by atoms with E-state index in [2.05, 4.69) is 27.4 Å². The van der Waals surface area contributed by atoms with Gasteiger partial charge in [-0.2, -0.15) is 0 Å². The second-order valence-electron chi connectivity index (χ2n) is 6.53. The number of pyridine rings is 1. The summed E-state index contributed by atoms with van der Waals surface area (Å²) in [6.07, 6.45) is 0.217. The maximum absolute atomic E-state index is 11.0. The molecule has 136 valence electrons. The minimum Gasteiger partial charge on any atom is -0.506 e. The molecular weight excluding hydrogens is 330 g/mol. The van der Waals surface area contributed by atoms with Gasteiger partial charge in [0.25, 0.3) is 0 Å². The van der Waals surface area contributed by atoms with Crippen molar-refractivity contribution < 1.29 is 9.90 Å². The zero-order valence-electron chi connectivity index (χ0n) is 15.2. The molecule has 2 heterocycles. The highest BCUT2D eigenvalue weighted by atomic mass is 16.3. The van der Waals surface area contributed by atoms with Crippen LogP contribution in [0.4, 0.5) is 5.95 Å². The second-order valence-corrected chi connectivity index (χ2v) is 6.53. The fourth-order valence-electron chi connectivity index (χ4n) is 3.03. The topological polar surface area (TPSA) is 106 Å². The van der Waals surface area contributed by atoms with Crippen molar-refractivity contribution in [3.05, 3.63) is 46.8 Å². The van der Waals surface area contributed by atoms with Crippen LogP contribution in [0.3, 0.4) is 0 Å². The number of carbonyl (C=O) groups excluding carboxylic acids is 1. The van der Waals surface area contributed by atoms with Gasteiger partial charge in [0.05, 0.1) is 17.6 Å². The molecule has 3 rings (SSSR count). The lowest BCUT2D eigenvalue weighted by atomic mass is 10.1. The molecule has 0 aliphatic rings. The summed E-state index contributed by atoms with van der Waals surface area (Å²) >= 11 is 0. The number of nitrogens with zero attached hydrogens (tertiary/aromatic N) is 3. The monoisotopic (exact) mass is 353 g/mol. The van der Waals surface area contributed by atoms with E-state index in [0.29, 0.717) is 24.7 Å². The molecule has 0 unspecified atom stereocenters. The van der Waals surface area contributed by atoms with Crippen molar-refractivity contribution in [1.82, 2.24) is 14.5 Å². The van der Waals surface area contributed by atoms with Crippen LogP contribution in [0.25, 0.3) is 11.0 Å². The Hall–Kier alpha value is -3.09. The number of nitrogens with two attached hydrogens (primary N) is 1. The molecule has 0 aliphatic heterocycles. The Kier molecular flexibility index (Phi) is 4.79. The van der Waals surface area contributed by atoms with E-state index in [1.807, 2.05) is 25.3 Å². The average molecular weight is 353 g/mol. The van der Waals surface area contributed by atoms with Crippen molar-refractivity contribution in [1.29, 1.82) is 0 Å². The number of nitrogens with one attached hydrogen (secondary N) is 1. The van der Waals surface area contributed by atoms with E-state index >= 15 is 0 Å². The first kappa shape index (κ1) is 17.7. The SMILES string of the molecule is Cc1cc(C)c2nc(NCCC(N)=O)n(Cc3nc(C)ccc3O)c2c1. The summed E-state index contributed by atoms with van der Waals surface area (Å²) in [5.74, 6) is 0.396. The van der Waals surface area contributed by atoms with Crippen LogP contribution in [-0.2, 0) is 11.3 Å². The van der Waals surface area contributed by atoms with Crippen molar-refractivity contribution in [2.75, 3.05) is 11.9 Å². The predicted octanol–water partition coefficient (Wildman–Crippen LogP) is 2.40. The second kappa shape index (κ2) is 7.03. The van der Waals surface area contributed by atoms with Gasteiger partial charge in [0.1, 0.15) is 11.4 Å². The number of fused-ring (bicyclic) bond motifs is 1. The molecule has 0 radical (unpaired) electrons. The molecule has 0 atom stereocenters. The van der Waals surface area contributed by atoms with E-state index in [1.165, 1.54) is 0 Å². The molecular formula is C19H23N5O2. The first-order valence-electron chi connectivity index (χ1n) is 8.50. The van der Waals surface area contributed by atoms with Gasteiger partial charge in [-0.05, 0) is 50.1 Å². The van der Waals surface area contributed by atoms with Crippen molar-refractivity contribution >= 4 is 22.9 Å². The molecule has 1 aromatic carbocycles. The van der Waals surface area contributed by atoms with Gasteiger partial charge in [-0.25, -0.2) is 4.98 Å². The normalized spacial score (nSPS) is 11.0. The van der Waals surface area contributed by atoms with Crippen LogP contribution in [0.2, 0.25) is 0 Å². The molecule has 7 nitrogen and oxygen atoms in total. The molecule has 3 aromatic rings. The van der Waals surface area contributed by atoms with Crippen LogP contribution < -0.4 is 11.1 Å². The summed E-state index contributed by atoms with van der Waals surface area (Å²) < 4.78 is 1.97. The van der Waals surface area contributed by atoms with Gasteiger partial charge in [-0.1, -0.05) is 6.07 Å². The predicted molar refractivity (Wildman–Crippen MR) is 101 cm³/mol. The third kappa shape index (κ3) is 3.61. The smallest absolute Gasteiger partial charge is 0.219 e. The summed E-state index contributed by atoms with van der Waals surface area (Å²) in [6, 6.07) is 7.55. The zero-order chi connectivity index (χ0) is 18.8. The fraction of sp³-hybridized carbons (Fsp3) is 0.316. The number of anilines is 1. The summed E-state index contributed by atoms with van der Waals surface area (Å²) in [4.78, 5) is 20.2. The first-order chi connectivity index (χ1) is 12.3. The van der Waals surface area contributed by atoms with Gasteiger partial charge in [0.2, 0.25) is 11.9 Å². The Morgan fingerprint density at radius 1 is 1.23 bits per heavy atom. The minimum atomic E-state index is -0.370. The Balaban J connectivity index is 2.07. The van der Waals surface area contributed by atoms with E-state index in [9.17, 15) is 9.90 Å². The molecule has 0 saturated heterocycles. The third-order valence-electron chi connectivity index (χ3n) is 4.24. The number of aromatic hydroxyl groups is 1. The highest BCUT2D eigenvalue weighted by molar-refractivity contribution is 5.83. The van der Waals surface area contributed by atoms with Crippen molar-refractivity contribution in [2.24, 2.45) is 5.73 Å². The molecule has 0 aliphatic carbocycles. The lowest BCUT2D eigenvalue weighted by Gasteiger charge is -2.12. The van der Waals surface area contributed by atoms with Crippen LogP contribution in [-0.4, -0.2) is 32.1 Å². The van der Waals surface area contributed by atoms with Gasteiger partial charge < -0.3 is 20.7 Å². The molecule has 0 bridgehead atoms. The highest BCUT2D eigenvalue weighted by Gasteiger charge is 2.15. The number of amides is 1. The summed E-state index contributed by atoms with van der Waals surface area (Å²) in [7, 11) is 0. The van der Waals surface area contributed by atoms with Gasteiger partial charge in [0.15, 0.2) is 0 Å². The number of aromatic nitrogens is 3. The largest absolute Gasteiger partial charge is 0.506 e. The number of carbonyl (C=O) groups is 1. The van der Waals surface area contributed by atoms with Crippen LogP contribution in [0, 0.1) is 20.8 Å². The van der Waals surface area contributed by atoms with Gasteiger partial charge in [0, 0.05) is 18.7 Å². The van der Waals surface area contributed by atoms with Crippen LogP contribution >= 0.6 is 0 Å². The number of imidazole rings is 1. The quantitative estimate of drug-likeness (QED) is 0.631. The molecule has 4 N–H and O–H groups in total. The maximum Gasteiger partial charge on any atom is 0.219 e. The number of hydrogen-bond acceptors (Lipinski definition) is 5. The number of rotatable bonds is 6. The van der Waals surface area contributed by atoms with E-state index < -0.39 is 0 Å². The minimum absolute atomic E-state index is 0.143. The van der Waals surface area contributed by atoms with E-state index in [4.69, 9.17) is 5.73 Å². The Morgan fingerprint density at radius 2 is 2.00 bits per heavy atom.